The second kappa shape index (κ2) is 7.57. The molecule has 0 saturated carbocycles. The van der Waals surface area contributed by atoms with Crippen molar-refractivity contribution in [2.24, 2.45) is 0 Å². The van der Waals surface area contributed by atoms with E-state index in [9.17, 15) is 9.18 Å². The van der Waals surface area contributed by atoms with E-state index < -0.39 is 12.0 Å². The second-order valence-corrected chi connectivity index (χ2v) is 5.23. The highest BCUT2D eigenvalue weighted by Crippen LogP contribution is 2.25. The van der Waals surface area contributed by atoms with Gasteiger partial charge in [-0.2, -0.15) is 0 Å². The zero-order valence-corrected chi connectivity index (χ0v) is 12.8. The van der Waals surface area contributed by atoms with Crippen LogP contribution >= 0.6 is 15.9 Å². The number of hydrogen-bond donors (Lipinski definition) is 1. The summed E-state index contributed by atoms with van der Waals surface area (Å²) in [5.74, 6) is -0.751. The summed E-state index contributed by atoms with van der Waals surface area (Å²) in [6.45, 7) is 1.41. The van der Waals surface area contributed by atoms with Crippen molar-refractivity contribution in [1.82, 2.24) is 10.2 Å². The van der Waals surface area contributed by atoms with Crippen LogP contribution in [0.2, 0.25) is 0 Å². The molecule has 0 saturated heterocycles. The standard InChI is InChI=1S/C13H18BrFN2O2/c1-17(2)7-6-16-12(13(18)19-3)10-5-4-9(15)8-11(10)14/h4-5,8,12,16H,6-7H2,1-3H3. The van der Waals surface area contributed by atoms with Gasteiger partial charge in [0.1, 0.15) is 11.9 Å². The number of esters is 1. The van der Waals surface area contributed by atoms with Crippen LogP contribution in [0.5, 0.6) is 0 Å². The Morgan fingerprint density at radius 3 is 2.74 bits per heavy atom. The van der Waals surface area contributed by atoms with Crippen LogP contribution in [-0.4, -0.2) is 45.2 Å². The zero-order chi connectivity index (χ0) is 14.4. The van der Waals surface area contributed by atoms with Crippen LogP contribution in [0, 0.1) is 5.82 Å². The molecule has 1 aromatic rings. The fraction of sp³-hybridized carbons (Fsp3) is 0.462. The maximum absolute atomic E-state index is 13.1. The lowest BCUT2D eigenvalue weighted by molar-refractivity contribution is -0.143. The van der Waals surface area contributed by atoms with Crippen LogP contribution in [0.15, 0.2) is 22.7 Å². The van der Waals surface area contributed by atoms with Gasteiger partial charge in [-0.15, -0.1) is 0 Å². The number of carbonyl (C=O) groups excluding carboxylic acids is 1. The molecule has 0 fully saturated rings. The van der Waals surface area contributed by atoms with E-state index >= 15 is 0 Å². The van der Waals surface area contributed by atoms with Gasteiger partial charge in [0.25, 0.3) is 0 Å². The summed E-state index contributed by atoms with van der Waals surface area (Å²) in [6.07, 6.45) is 0. The third-order valence-corrected chi connectivity index (χ3v) is 3.30. The Hall–Kier alpha value is -0.980. The molecule has 4 nitrogen and oxygen atoms in total. The summed E-state index contributed by atoms with van der Waals surface area (Å²) in [4.78, 5) is 13.8. The number of carbonyl (C=O) groups is 1. The van der Waals surface area contributed by atoms with Gasteiger partial charge in [-0.1, -0.05) is 22.0 Å². The number of ether oxygens (including phenoxy) is 1. The molecule has 0 radical (unpaired) electrons. The summed E-state index contributed by atoms with van der Waals surface area (Å²) < 4.78 is 18.4. The van der Waals surface area contributed by atoms with Gasteiger partial charge in [0, 0.05) is 17.6 Å². The normalized spacial score (nSPS) is 12.5. The number of hydrogen-bond acceptors (Lipinski definition) is 4. The first kappa shape index (κ1) is 16.1. The van der Waals surface area contributed by atoms with E-state index in [1.165, 1.54) is 19.2 Å². The molecule has 106 valence electrons. The summed E-state index contributed by atoms with van der Waals surface area (Å²) in [5.41, 5.74) is 0.659. The van der Waals surface area contributed by atoms with Crippen molar-refractivity contribution in [1.29, 1.82) is 0 Å². The molecule has 6 heteroatoms. The molecule has 0 aliphatic rings. The highest BCUT2D eigenvalue weighted by Gasteiger charge is 2.23. The van der Waals surface area contributed by atoms with Gasteiger partial charge in [0.2, 0.25) is 0 Å². The summed E-state index contributed by atoms with van der Waals surface area (Å²) in [5, 5.41) is 3.11. The van der Waals surface area contributed by atoms with E-state index in [0.29, 0.717) is 16.6 Å². The minimum absolute atomic E-state index is 0.354. The van der Waals surface area contributed by atoms with Crippen molar-refractivity contribution in [2.75, 3.05) is 34.3 Å². The van der Waals surface area contributed by atoms with Gasteiger partial charge in [-0.3, -0.25) is 5.32 Å². The predicted molar refractivity (Wildman–Crippen MR) is 75.4 cm³/mol. The molecule has 1 rings (SSSR count). The first-order valence-corrected chi connectivity index (χ1v) is 6.66. The van der Waals surface area contributed by atoms with Crippen LogP contribution < -0.4 is 5.32 Å². The van der Waals surface area contributed by atoms with E-state index in [0.717, 1.165) is 6.54 Å². The number of methoxy groups -OCH3 is 1. The highest BCUT2D eigenvalue weighted by molar-refractivity contribution is 9.10. The maximum Gasteiger partial charge on any atom is 0.327 e. The minimum Gasteiger partial charge on any atom is -0.468 e. The molecule has 1 N–H and O–H groups in total. The quantitative estimate of drug-likeness (QED) is 0.808. The molecule has 1 atom stereocenters. The van der Waals surface area contributed by atoms with Crippen LogP contribution in [0.25, 0.3) is 0 Å². The van der Waals surface area contributed by atoms with E-state index in [1.54, 1.807) is 6.07 Å². The Morgan fingerprint density at radius 2 is 2.21 bits per heavy atom. The molecular weight excluding hydrogens is 315 g/mol. The monoisotopic (exact) mass is 332 g/mol. The van der Waals surface area contributed by atoms with Crippen LogP contribution in [-0.2, 0) is 9.53 Å². The molecule has 0 amide bonds. The largest absolute Gasteiger partial charge is 0.468 e. The van der Waals surface area contributed by atoms with Crippen LogP contribution in [0.3, 0.4) is 0 Å². The molecule has 19 heavy (non-hydrogen) atoms. The third-order valence-electron chi connectivity index (χ3n) is 2.62. The highest BCUT2D eigenvalue weighted by atomic mass is 79.9. The lowest BCUT2D eigenvalue weighted by atomic mass is 10.1. The number of nitrogens with one attached hydrogen (secondary N) is 1. The average molecular weight is 333 g/mol. The number of benzene rings is 1. The number of likely N-dealkylation sites (N-methyl/N-ethyl adjacent to an activating group) is 1. The molecule has 0 aliphatic heterocycles. The smallest absolute Gasteiger partial charge is 0.327 e. The molecule has 1 unspecified atom stereocenters. The van der Waals surface area contributed by atoms with Crippen LogP contribution in [0.1, 0.15) is 11.6 Å². The third kappa shape index (κ3) is 4.89. The first-order valence-electron chi connectivity index (χ1n) is 5.86. The van der Waals surface area contributed by atoms with Gasteiger partial charge in [0.15, 0.2) is 0 Å². The van der Waals surface area contributed by atoms with Gasteiger partial charge in [0.05, 0.1) is 7.11 Å². The van der Waals surface area contributed by atoms with Crippen molar-refractivity contribution in [2.45, 2.75) is 6.04 Å². The van der Waals surface area contributed by atoms with Gasteiger partial charge in [-0.05, 0) is 31.8 Å². The SMILES string of the molecule is COC(=O)C(NCCN(C)C)c1ccc(F)cc1Br. The van der Waals surface area contributed by atoms with Crippen molar-refractivity contribution < 1.29 is 13.9 Å². The average Bonchev–Trinajstić information content (AvgIpc) is 2.34. The Labute approximate surface area is 121 Å². The van der Waals surface area contributed by atoms with Crippen LogP contribution in [0.4, 0.5) is 4.39 Å². The summed E-state index contributed by atoms with van der Waals surface area (Å²) in [6, 6.07) is 3.62. The first-order chi connectivity index (χ1) is 8.95. The van der Waals surface area contributed by atoms with E-state index in [1.807, 2.05) is 19.0 Å². The Balaban J connectivity index is 2.87. The molecule has 0 aliphatic carbocycles. The molecular formula is C13H18BrFN2O2. The molecule has 0 bridgehead atoms. The van der Waals surface area contributed by atoms with E-state index in [4.69, 9.17) is 4.74 Å². The molecule has 0 spiro atoms. The van der Waals surface area contributed by atoms with E-state index in [-0.39, 0.29) is 5.82 Å². The molecule has 0 heterocycles. The summed E-state index contributed by atoms with van der Waals surface area (Å²) >= 11 is 3.27. The Bertz CT molecular complexity index is 441. The fourth-order valence-electron chi connectivity index (χ4n) is 1.61. The lowest BCUT2D eigenvalue weighted by Gasteiger charge is -2.19. The number of nitrogens with zero attached hydrogens (tertiary/aromatic N) is 1. The van der Waals surface area contributed by atoms with Crippen molar-refractivity contribution in [3.05, 3.63) is 34.1 Å². The fourth-order valence-corrected chi connectivity index (χ4v) is 2.19. The van der Waals surface area contributed by atoms with Gasteiger partial charge < -0.3 is 9.64 Å². The second-order valence-electron chi connectivity index (χ2n) is 4.38. The maximum atomic E-state index is 13.1. The minimum atomic E-state index is -0.611. The zero-order valence-electron chi connectivity index (χ0n) is 11.2. The predicted octanol–water partition coefficient (Wildman–Crippen LogP) is 1.95. The van der Waals surface area contributed by atoms with Gasteiger partial charge in [-0.25, -0.2) is 9.18 Å². The van der Waals surface area contributed by atoms with Crippen molar-refractivity contribution in [3.8, 4) is 0 Å². The summed E-state index contributed by atoms with van der Waals surface area (Å²) in [7, 11) is 5.23. The number of rotatable bonds is 6. The Kier molecular flexibility index (Phi) is 6.41. The molecule has 1 aromatic carbocycles. The topological polar surface area (TPSA) is 41.6 Å². The van der Waals surface area contributed by atoms with Crippen molar-refractivity contribution >= 4 is 21.9 Å². The van der Waals surface area contributed by atoms with Crippen molar-refractivity contribution in [3.63, 3.8) is 0 Å². The Morgan fingerprint density at radius 1 is 1.53 bits per heavy atom. The van der Waals surface area contributed by atoms with Gasteiger partial charge >= 0.3 is 5.97 Å². The lowest BCUT2D eigenvalue weighted by Crippen LogP contribution is -2.34. The number of halogens is 2. The molecule has 0 aromatic heterocycles. The van der Waals surface area contributed by atoms with E-state index in [2.05, 4.69) is 21.2 Å².